The topological polar surface area (TPSA) is 94.5 Å². The van der Waals surface area contributed by atoms with Crippen molar-refractivity contribution in [1.29, 1.82) is 0 Å². The minimum atomic E-state index is -0.754. The fourth-order valence-electron chi connectivity index (χ4n) is 4.18. The van der Waals surface area contributed by atoms with Crippen LogP contribution >= 0.6 is 0 Å². The highest BCUT2D eigenvalue weighted by Crippen LogP contribution is 2.41. The van der Waals surface area contributed by atoms with Gasteiger partial charge in [-0.1, -0.05) is 19.1 Å². The number of ether oxygens (including phenoxy) is 4. The average Bonchev–Trinajstić information content (AvgIpc) is 3.12. The van der Waals surface area contributed by atoms with Gasteiger partial charge in [0.05, 0.1) is 18.2 Å². The van der Waals surface area contributed by atoms with Crippen molar-refractivity contribution in [2.75, 3.05) is 40.1 Å². The van der Waals surface area contributed by atoms with Crippen molar-refractivity contribution in [3.63, 3.8) is 0 Å². The van der Waals surface area contributed by atoms with Crippen molar-refractivity contribution in [3.05, 3.63) is 59.2 Å². The molecule has 2 aliphatic rings. The fourth-order valence-corrected chi connectivity index (χ4v) is 4.18. The van der Waals surface area contributed by atoms with E-state index in [4.69, 9.17) is 18.9 Å². The van der Waals surface area contributed by atoms with Crippen molar-refractivity contribution in [2.45, 2.75) is 25.8 Å². The van der Waals surface area contributed by atoms with Gasteiger partial charge in [0.15, 0.2) is 11.5 Å². The van der Waals surface area contributed by atoms with Crippen LogP contribution < -0.4 is 14.2 Å². The van der Waals surface area contributed by atoms with Crippen molar-refractivity contribution in [3.8, 4) is 17.2 Å². The summed E-state index contributed by atoms with van der Waals surface area (Å²) in [5.41, 5.74) is 1.10. The third-order valence-electron chi connectivity index (χ3n) is 5.75. The zero-order chi connectivity index (χ0) is 24.1. The molecule has 1 amide bonds. The summed E-state index contributed by atoms with van der Waals surface area (Å²) in [6.07, 6.45) is 1.40. The lowest BCUT2D eigenvalue weighted by molar-refractivity contribution is -0.140. The SMILES string of the molecule is CCCOc1cccc([C@@H]2C(=C(O)c3ccc4c(c3)OCCO4)C(=O)C(=O)N2CCCOC)c1. The van der Waals surface area contributed by atoms with E-state index in [-0.39, 0.29) is 11.3 Å². The number of hydrogen-bond donors (Lipinski definition) is 1. The van der Waals surface area contributed by atoms with Gasteiger partial charge in [-0.15, -0.1) is 0 Å². The number of benzene rings is 2. The molecule has 2 aromatic carbocycles. The lowest BCUT2D eigenvalue weighted by atomic mass is 9.95. The second kappa shape index (κ2) is 10.6. The van der Waals surface area contributed by atoms with Crippen LogP contribution in [0.4, 0.5) is 0 Å². The van der Waals surface area contributed by atoms with Gasteiger partial charge in [-0.05, 0) is 48.7 Å². The number of amides is 1. The number of Topliss-reactive ketones (excluding diaryl/α,β-unsaturated/α-hetero) is 1. The predicted octanol–water partition coefficient (Wildman–Crippen LogP) is 3.70. The van der Waals surface area contributed by atoms with E-state index in [1.807, 2.05) is 31.2 Å². The summed E-state index contributed by atoms with van der Waals surface area (Å²) in [6, 6.07) is 11.5. The predicted molar refractivity (Wildman–Crippen MR) is 125 cm³/mol. The second-order valence-electron chi connectivity index (χ2n) is 8.12. The quantitative estimate of drug-likeness (QED) is 0.260. The summed E-state index contributed by atoms with van der Waals surface area (Å²) in [5, 5.41) is 11.3. The van der Waals surface area contributed by atoms with Crippen molar-refractivity contribution in [1.82, 2.24) is 4.90 Å². The molecule has 8 nitrogen and oxygen atoms in total. The van der Waals surface area contributed by atoms with Gasteiger partial charge in [-0.25, -0.2) is 0 Å². The molecule has 2 aliphatic heterocycles. The summed E-state index contributed by atoms with van der Waals surface area (Å²) in [7, 11) is 1.59. The first-order valence-electron chi connectivity index (χ1n) is 11.4. The van der Waals surface area contributed by atoms with Crippen molar-refractivity contribution >= 4 is 17.4 Å². The first-order chi connectivity index (χ1) is 16.5. The normalized spacial score (nSPS) is 18.9. The molecule has 2 aromatic rings. The van der Waals surface area contributed by atoms with Crippen LogP contribution in [0.2, 0.25) is 0 Å². The van der Waals surface area contributed by atoms with E-state index < -0.39 is 17.7 Å². The van der Waals surface area contributed by atoms with Crippen LogP contribution in [-0.2, 0) is 14.3 Å². The number of rotatable bonds is 9. The summed E-state index contributed by atoms with van der Waals surface area (Å²) < 4.78 is 22.1. The summed E-state index contributed by atoms with van der Waals surface area (Å²) in [5.74, 6) is 0.0571. The molecule has 0 aromatic heterocycles. The van der Waals surface area contributed by atoms with Gasteiger partial charge in [-0.3, -0.25) is 9.59 Å². The van der Waals surface area contributed by atoms with Gasteiger partial charge < -0.3 is 29.0 Å². The molecule has 1 N–H and O–H groups in total. The standard InChI is InChI=1S/C26H29NO7/c1-3-11-32-19-7-4-6-17(15-19)23-22(25(29)26(30)27(23)10-5-12-31-2)24(28)18-8-9-20-21(16-18)34-14-13-33-20/h4,6-9,15-16,23,28H,3,5,10-14H2,1-2H3/t23-/m1/s1. The van der Waals surface area contributed by atoms with Gasteiger partial charge in [0.2, 0.25) is 0 Å². The largest absolute Gasteiger partial charge is 0.507 e. The molecule has 1 fully saturated rings. The molecule has 0 unspecified atom stereocenters. The molecule has 2 heterocycles. The van der Waals surface area contributed by atoms with Gasteiger partial charge in [0.1, 0.15) is 24.7 Å². The van der Waals surface area contributed by atoms with Crippen LogP contribution in [0.5, 0.6) is 17.2 Å². The molecule has 180 valence electrons. The number of fused-ring (bicyclic) bond motifs is 1. The van der Waals surface area contributed by atoms with Gasteiger partial charge in [0, 0.05) is 25.8 Å². The fraction of sp³-hybridized carbons (Fsp3) is 0.385. The molecule has 1 saturated heterocycles. The van der Waals surface area contributed by atoms with E-state index >= 15 is 0 Å². The summed E-state index contributed by atoms with van der Waals surface area (Å²) >= 11 is 0. The number of nitrogens with zero attached hydrogens (tertiary/aromatic N) is 1. The molecular formula is C26H29NO7. The summed E-state index contributed by atoms with van der Waals surface area (Å²) in [4.78, 5) is 27.7. The number of carbonyl (C=O) groups is 2. The zero-order valence-corrected chi connectivity index (χ0v) is 19.4. The number of hydrogen-bond acceptors (Lipinski definition) is 7. The third kappa shape index (κ3) is 4.72. The van der Waals surface area contributed by atoms with Gasteiger partial charge >= 0.3 is 0 Å². The molecule has 0 saturated carbocycles. The van der Waals surface area contributed by atoms with E-state index in [1.165, 1.54) is 4.90 Å². The Kier molecular flexibility index (Phi) is 7.37. The maximum absolute atomic E-state index is 13.2. The first-order valence-corrected chi connectivity index (χ1v) is 11.4. The highest BCUT2D eigenvalue weighted by atomic mass is 16.6. The highest BCUT2D eigenvalue weighted by molar-refractivity contribution is 6.46. The first kappa shape index (κ1) is 23.6. The van der Waals surface area contributed by atoms with Crippen LogP contribution in [-0.4, -0.2) is 61.8 Å². The monoisotopic (exact) mass is 467 g/mol. The van der Waals surface area contributed by atoms with E-state index in [0.29, 0.717) is 67.8 Å². The Balaban J connectivity index is 1.78. The van der Waals surface area contributed by atoms with Crippen LogP contribution in [0.15, 0.2) is 48.0 Å². The number of likely N-dealkylation sites (tertiary alicyclic amines) is 1. The minimum absolute atomic E-state index is 0.0340. The lowest BCUT2D eigenvalue weighted by Crippen LogP contribution is -2.31. The Morgan fingerprint density at radius 2 is 1.88 bits per heavy atom. The molecular weight excluding hydrogens is 438 g/mol. The zero-order valence-electron chi connectivity index (χ0n) is 19.4. The van der Waals surface area contributed by atoms with Crippen LogP contribution in [0, 0.1) is 0 Å². The van der Waals surface area contributed by atoms with E-state index in [0.717, 1.165) is 6.42 Å². The number of methoxy groups -OCH3 is 1. The molecule has 34 heavy (non-hydrogen) atoms. The maximum Gasteiger partial charge on any atom is 0.295 e. The van der Waals surface area contributed by atoms with E-state index in [2.05, 4.69) is 0 Å². The minimum Gasteiger partial charge on any atom is -0.507 e. The van der Waals surface area contributed by atoms with Gasteiger partial charge in [0.25, 0.3) is 11.7 Å². The third-order valence-corrected chi connectivity index (χ3v) is 5.75. The number of carbonyl (C=O) groups excluding carboxylic acids is 2. The molecule has 8 heteroatoms. The molecule has 0 aliphatic carbocycles. The molecule has 0 bridgehead atoms. The van der Waals surface area contributed by atoms with Crippen LogP contribution in [0.1, 0.15) is 36.9 Å². The van der Waals surface area contributed by atoms with Crippen molar-refractivity contribution < 1.29 is 33.6 Å². The Hall–Kier alpha value is -3.52. The van der Waals surface area contributed by atoms with Crippen LogP contribution in [0.3, 0.4) is 0 Å². The van der Waals surface area contributed by atoms with E-state index in [1.54, 1.807) is 25.3 Å². The number of ketones is 1. The Bertz CT molecular complexity index is 1090. The number of aliphatic hydroxyl groups is 1. The van der Waals surface area contributed by atoms with E-state index in [9.17, 15) is 14.7 Å². The smallest absolute Gasteiger partial charge is 0.295 e. The molecule has 1 atom stereocenters. The molecule has 4 rings (SSSR count). The second-order valence-corrected chi connectivity index (χ2v) is 8.12. The summed E-state index contributed by atoms with van der Waals surface area (Å²) in [6.45, 7) is 4.15. The highest BCUT2D eigenvalue weighted by Gasteiger charge is 2.46. The number of aliphatic hydroxyl groups excluding tert-OH is 1. The van der Waals surface area contributed by atoms with Crippen molar-refractivity contribution in [2.24, 2.45) is 0 Å². The average molecular weight is 468 g/mol. The Labute approximate surface area is 198 Å². The molecule has 0 spiro atoms. The molecule has 0 radical (unpaired) electrons. The Morgan fingerprint density at radius 1 is 1.09 bits per heavy atom. The van der Waals surface area contributed by atoms with Crippen LogP contribution in [0.25, 0.3) is 5.76 Å². The lowest BCUT2D eigenvalue weighted by Gasteiger charge is -2.26. The Morgan fingerprint density at radius 3 is 2.65 bits per heavy atom. The van der Waals surface area contributed by atoms with Gasteiger partial charge in [-0.2, -0.15) is 0 Å². The maximum atomic E-state index is 13.2.